The zero-order chi connectivity index (χ0) is 23.5. The average Bonchev–Trinajstić information content (AvgIpc) is 2.92. The van der Waals surface area contributed by atoms with Crippen molar-refractivity contribution in [3.8, 4) is 5.75 Å². The van der Waals surface area contributed by atoms with Crippen molar-refractivity contribution in [2.45, 2.75) is 25.4 Å². The highest BCUT2D eigenvalue weighted by Gasteiger charge is 2.36. The highest BCUT2D eigenvalue weighted by molar-refractivity contribution is 6.11. The first-order chi connectivity index (χ1) is 16.6. The number of carbonyl (C=O) groups excluding carboxylic acids is 3. The standard InChI is InChI=1S/C28H26N2O4/c31-26(20-9-3-1-4-10-20)21-13-15-22(16-14-21)27(32)30-19-25(28(33)29-17-7-2-8-18-29)34-24-12-6-5-11-23(24)30/h1,3-6,9-16,25H,2,7-8,17-19H2/t25-/m0/s1. The van der Waals surface area contributed by atoms with E-state index in [1.165, 1.54) is 0 Å². The number of amides is 2. The van der Waals surface area contributed by atoms with Crippen LogP contribution in [0.1, 0.15) is 45.5 Å². The van der Waals surface area contributed by atoms with Crippen molar-refractivity contribution in [3.63, 3.8) is 0 Å². The van der Waals surface area contributed by atoms with Gasteiger partial charge in [0.25, 0.3) is 11.8 Å². The van der Waals surface area contributed by atoms with Crippen LogP contribution >= 0.6 is 0 Å². The Morgan fingerprint density at radius 1 is 0.706 bits per heavy atom. The number of ketones is 1. The van der Waals surface area contributed by atoms with Gasteiger partial charge in [-0.2, -0.15) is 0 Å². The zero-order valence-electron chi connectivity index (χ0n) is 18.9. The Morgan fingerprint density at radius 2 is 1.32 bits per heavy atom. The van der Waals surface area contributed by atoms with E-state index in [1.807, 2.05) is 41.3 Å². The molecule has 1 atom stereocenters. The molecule has 0 saturated carbocycles. The molecule has 3 aromatic rings. The Bertz CT molecular complexity index is 1200. The summed E-state index contributed by atoms with van der Waals surface area (Å²) in [7, 11) is 0. The second-order valence-electron chi connectivity index (χ2n) is 8.65. The minimum Gasteiger partial charge on any atom is -0.476 e. The fraction of sp³-hybridized carbons (Fsp3) is 0.250. The molecule has 0 aromatic heterocycles. The lowest BCUT2D eigenvalue weighted by atomic mass is 10.0. The molecule has 6 heteroatoms. The van der Waals surface area contributed by atoms with Crippen LogP contribution in [0.2, 0.25) is 0 Å². The highest BCUT2D eigenvalue weighted by Crippen LogP contribution is 2.34. The van der Waals surface area contributed by atoms with Crippen LogP contribution < -0.4 is 9.64 Å². The molecule has 2 heterocycles. The number of fused-ring (bicyclic) bond motifs is 1. The van der Waals surface area contributed by atoms with Gasteiger partial charge in [-0.1, -0.05) is 54.6 Å². The van der Waals surface area contributed by atoms with Gasteiger partial charge in [0, 0.05) is 29.8 Å². The number of piperidine rings is 1. The van der Waals surface area contributed by atoms with Crippen LogP contribution in [0.4, 0.5) is 5.69 Å². The molecule has 1 fully saturated rings. The molecule has 2 amide bonds. The summed E-state index contributed by atoms with van der Waals surface area (Å²) in [6.07, 6.45) is 2.37. The molecule has 0 bridgehead atoms. The van der Waals surface area contributed by atoms with Gasteiger partial charge in [0.1, 0.15) is 5.75 Å². The molecule has 0 aliphatic carbocycles. The molecular weight excluding hydrogens is 428 g/mol. The third kappa shape index (κ3) is 4.31. The topological polar surface area (TPSA) is 66.9 Å². The molecule has 3 aromatic carbocycles. The first-order valence-electron chi connectivity index (χ1n) is 11.7. The van der Waals surface area contributed by atoms with Crippen molar-refractivity contribution in [1.29, 1.82) is 0 Å². The molecule has 6 nitrogen and oxygen atoms in total. The first kappa shape index (κ1) is 21.9. The number of nitrogens with zero attached hydrogens (tertiary/aromatic N) is 2. The predicted octanol–water partition coefficient (Wildman–Crippen LogP) is 4.34. The Morgan fingerprint density at radius 3 is 2.06 bits per heavy atom. The van der Waals surface area contributed by atoms with Gasteiger partial charge in [-0.25, -0.2) is 0 Å². The van der Waals surface area contributed by atoms with Gasteiger partial charge in [0.05, 0.1) is 12.2 Å². The normalized spacial score (nSPS) is 17.5. The fourth-order valence-electron chi connectivity index (χ4n) is 4.55. The van der Waals surface area contributed by atoms with Crippen LogP contribution in [0.15, 0.2) is 78.9 Å². The van der Waals surface area contributed by atoms with Gasteiger partial charge in [-0.3, -0.25) is 14.4 Å². The smallest absolute Gasteiger partial charge is 0.265 e. The Hall–Kier alpha value is -3.93. The summed E-state index contributed by atoms with van der Waals surface area (Å²) in [4.78, 5) is 42.8. The fourth-order valence-corrected chi connectivity index (χ4v) is 4.55. The third-order valence-electron chi connectivity index (χ3n) is 6.39. The molecule has 2 aliphatic rings. The lowest BCUT2D eigenvalue weighted by Crippen LogP contribution is -2.52. The van der Waals surface area contributed by atoms with E-state index in [1.54, 1.807) is 47.4 Å². The van der Waals surface area contributed by atoms with Crippen LogP contribution in [0.3, 0.4) is 0 Å². The van der Waals surface area contributed by atoms with E-state index in [-0.39, 0.29) is 24.1 Å². The Labute approximate surface area is 198 Å². The number of benzene rings is 3. The van der Waals surface area contributed by atoms with Gasteiger partial charge in [-0.15, -0.1) is 0 Å². The second kappa shape index (κ2) is 9.51. The number of hydrogen-bond acceptors (Lipinski definition) is 4. The summed E-state index contributed by atoms with van der Waals surface area (Å²) >= 11 is 0. The van der Waals surface area contributed by atoms with Crippen molar-refractivity contribution in [3.05, 3.63) is 95.6 Å². The monoisotopic (exact) mass is 454 g/mol. The van der Waals surface area contributed by atoms with Gasteiger partial charge >= 0.3 is 0 Å². The molecule has 0 spiro atoms. The Kier molecular flexibility index (Phi) is 6.12. The summed E-state index contributed by atoms with van der Waals surface area (Å²) in [6, 6.07) is 23.0. The number of carbonyl (C=O) groups is 3. The van der Waals surface area contributed by atoms with Crippen LogP contribution in [0.5, 0.6) is 5.75 Å². The van der Waals surface area contributed by atoms with Gasteiger partial charge < -0.3 is 14.5 Å². The number of para-hydroxylation sites is 2. The predicted molar refractivity (Wildman–Crippen MR) is 129 cm³/mol. The average molecular weight is 455 g/mol. The minimum atomic E-state index is -0.740. The van der Waals surface area contributed by atoms with E-state index in [4.69, 9.17) is 4.74 Å². The largest absolute Gasteiger partial charge is 0.476 e. The molecule has 0 radical (unpaired) electrons. The van der Waals surface area contributed by atoms with Crippen LogP contribution in [-0.2, 0) is 4.79 Å². The van der Waals surface area contributed by atoms with Crippen molar-refractivity contribution >= 4 is 23.3 Å². The molecule has 1 saturated heterocycles. The third-order valence-corrected chi connectivity index (χ3v) is 6.39. The molecular formula is C28H26N2O4. The number of likely N-dealkylation sites (tertiary alicyclic amines) is 1. The maximum atomic E-state index is 13.5. The van der Waals surface area contributed by atoms with E-state index >= 15 is 0 Å². The lowest BCUT2D eigenvalue weighted by molar-refractivity contribution is -0.139. The lowest BCUT2D eigenvalue weighted by Gasteiger charge is -2.37. The molecule has 2 aliphatic heterocycles. The number of anilines is 1. The van der Waals surface area contributed by atoms with Crippen LogP contribution in [-0.4, -0.2) is 48.2 Å². The van der Waals surface area contributed by atoms with Crippen molar-refractivity contribution < 1.29 is 19.1 Å². The molecule has 34 heavy (non-hydrogen) atoms. The number of ether oxygens (including phenoxy) is 1. The SMILES string of the molecule is O=C(c1ccccc1)c1ccc(C(=O)N2C[C@@H](C(=O)N3CCCCC3)Oc3ccccc32)cc1. The number of hydrogen-bond donors (Lipinski definition) is 0. The molecule has 5 rings (SSSR count). The molecule has 172 valence electrons. The second-order valence-corrected chi connectivity index (χ2v) is 8.65. The van der Waals surface area contributed by atoms with Crippen LogP contribution in [0, 0.1) is 0 Å². The molecule has 0 N–H and O–H groups in total. The Balaban J connectivity index is 1.38. The summed E-state index contributed by atoms with van der Waals surface area (Å²) < 4.78 is 6.03. The zero-order valence-corrected chi connectivity index (χ0v) is 18.9. The van der Waals surface area contributed by atoms with Gasteiger partial charge in [-0.05, 0) is 43.5 Å². The quantitative estimate of drug-likeness (QED) is 0.550. The highest BCUT2D eigenvalue weighted by atomic mass is 16.5. The van der Waals surface area contributed by atoms with Gasteiger partial charge in [0.2, 0.25) is 0 Å². The summed E-state index contributed by atoms with van der Waals surface area (Å²) in [5.41, 5.74) is 2.20. The van der Waals surface area contributed by atoms with E-state index in [0.29, 0.717) is 28.1 Å². The summed E-state index contributed by atoms with van der Waals surface area (Å²) in [5, 5.41) is 0. The van der Waals surface area contributed by atoms with E-state index in [9.17, 15) is 14.4 Å². The number of rotatable bonds is 4. The van der Waals surface area contributed by atoms with Crippen LogP contribution in [0.25, 0.3) is 0 Å². The first-order valence-corrected chi connectivity index (χ1v) is 11.7. The maximum Gasteiger partial charge on any atom is 0.265 e. The maximum absolute atomic E-state index is 13.5. The van der Waals surface area contributed by atoms with Crippen molar-refractivity contribution in [1.82, 2.24) is 4.90 Å². The summed E-state index contributed by atoms with van der Waals surface area (Å²) in [6.45, 7) is 1.60. The molecule has 0 unspecified atom stereocenters. The minimum absolute atomic E-state index is 0.0733. The van der Waals surface area contributed by atoms with Crippen molar-refractivity contribution in [2.75, 3.05) is 24.5 Å². The van der Waals surface area contributed by atoms with E-state index in [2.05, 4.69) is 0 Å². The van der Waals surface area contributed by atoms with Gasteiger partial charge in [0.15, 0.2) is 11.9 Å². The summed E-state index contributed by atoms with van der Waals surface area (Å²) in [5.74, 6) is 0.124. The van der Waals surface area contributed by atoms with E-state index < -0.39 is 6.10 Å². The van der Waals surface area contributed by atoms with Crippen molar-refractivity contribution in [2.24, 2.45) is 0 Å². The van der Waals surface area contributed by atoms with E-state index in [0.717, 1.165) is 32.4 Å².